The highest BCUT2D eigenvalue weighted by Crippen LogP contribution is 2.33. The number of ether oxygens (including phenoxy) is 1. The van der Waals surface area contributed by atoms with Gasteiger partial charge in [-0.2, -0.15) is 0 Å². The Labute approximate surface area is 204 Å². The van der Waals surface area contributed by atoms with Gasteiger partial charge in [-0.25, -0.2) is 19.3 Å². The van der Waals surface area contributed by atoms with E-state index in [9.17, 15) is 14.3 Å². The summed E-state index contributed by atoms with van der Waals surface area (Å²) in [6.45, 7) is 0.401. The summed E-state index contributed by atoms with van der Waals surface area (Å²) in [5.74, 6) is -0.311. The summed E-state index contributed by atoms with van der Waals surface area (Å²) < 4.78 is 21.3. The number of likely N-dealkylation sites (N-methyl/N-ethyl adjacent to an activating group) is 1. The van der Waals surface area contributed by atoms with Gasteiger partial charge in [-0.05, 0) is 23.8 Å². The number of pyridine rings is 1. The van der Waals surface area contributed by atoms with Gasteiger partial charge in [0.2, 0.25) is 0 Å². The fraction of sp³-hybridized carbons (Fsp3) is 0.261. The van der Waals surface area contributed by atoms with Crippen molar-refractivity contribution in [2.24, 2.45) is 0 Å². The van der Waals surface area contributed by atoms with Gasteiger partial charge in [0.1, 0.15) is 12.0 Å². The Morgan fingerprint density at radius 3 is 2.94 bits per heavy atom. The zero-order chi connectivity index (χ0) is 24.5. The van der Waals surface area contributed by atoms with Crippen LogP contribution in [0.5, 0.6) is 0 Å². The van der Waals surface area contributed by atoms with Crippen LogP contribution in [0, 0.1) is 5.82 Å². The van der Waals surface area contributed by atoms with Gasteiger partial charge in [-0.15, -0.1) is 0 Å². The minimum Gasteiger partial charge on any atom is -0.390 e. The average molecular weight is 498 g/mol. The number of carbonyl (C=O) groups excluding carboxylic acids is 1. The second kappa shape index (κ2) is 9.53. The standard InChI is InChI=1S/C23H21ClFN7O3/c1-26-23(34)19-16(33)7-17(35-19)32-11-29-18-21(28-8-12-3-2-4-14(24)5-12)30-20(31-22(18)32)13-6-15(25)10-27-9-13/h2-6,9-11,16-17,19,33H,7-8H2,1H3,(H,26,34)(H,28,30,31)/t16-,17+,19-/m0/s1. The molecular weight excluding hydrogens is 477 g/mol. The summed E-state index contributed by atoms with van der Waals surface area (Å²) >= 11 is 6.10. The first-order valence-corrected chi connectivity index (χ1v) is 11.2. The lowest BCUT2D eigenvalue weighted by Crippen LogP contribution is -2.38. The van der Waals surface area contributed by atoms with Gasteiger partial charge in [0.25, 0.3) is 5.91 Å². The fourth-order valence-corrected chi connectivity index (χ4v) is 4.16. The fourth-order valence-electron chi connectivity index (χ4n) is 3.95. The Morgan fingerprint density at radius 1 is 1.31 bits per heavy atom. The highest BCUT2D eigenvalue weighted by atomic mass is 35.5. The molecule has 12 heteroatoms. The molecule has 10 nitrogen and oxygen atoms in total. The number of carbonyl (C=O) groups is 1. The van der Waals surface area contributed by atoms with E-state index in [2.05, 4.69) is 30.6 Å². The smallest absolute Gasteiger partial charge is 0.251 e. The van der Waals surface area contributed by atoms with Crippen molar-refractivity contribution in [3.8, 4) is 11.4 Å². The van der Waals surface area contributed by atoms with Crippen LogP contribution in [0.4, 0.5) is 10.2 Å². The summed E-state index contributed by atoms with van der Waals surface area (Å²) in [6.07, 6.45) is 1.53. The van der Waals surface area contributed by atoms with Crippen LogP contribution in [0.15, 0.2) is 49.1 Å². The van der Waals surface area contributed by atoms with Crippen molar-refractivity contribution in [2.75, 3.05) is 12.4 Å². The minimum atomic E-state index is -1.02. The lowest BCUT2D eigenvalue weighted by Gasteiger charge is -2.15. The van der Waals surface area contributed by atoms with Crippen molar-refractivity contribution in [3.05, 3.63) is 65.5 Å². The number of hydrogen-bond acceptors (Lipinski definition) is 8. The van der Waals surface area contributed by atoms with Crippen LogP contribution < -0.4 is 10.6 Å². The first-order valence-electron chi connectivity index (χ1n) is 10.8. The molecule has 1 saturated heterocycles. The molecule has 180 valence electrons. The van der Waals surface area contributed by atoms with Crippen LogP contribution in [0.2, 0.25) is 5.02 Å². The van der Waals surface area contributed by atoms with Crippen molar-refractivity contribution < 1.29 is 19.0 Å². The summed E-state index contributed by atoms with van der Waals surface area (Å²) in [5.41, 5.74) is 2.14. The lowest BCUT2D eigenvalue weighted by molar-refractivity contribution is -0.137. The van der Waals surface area contributed by atoms with Gasteiger partial charge in [0.15, 0.2) is 28.9 Å². The first-order chi connectivity index (χ1) is 16.9. The van der Waals surface area contributed by atoms with Gasteiger partial charge in [0.05, 0.1) is 18.6 Å². The third kappa shape index (κ3) is 4.65. The van der Waals surface area contributed by atoms with E-state index >= 15 is 0 Å². The van der Waals surface area contributed by atoms with Crippen LogP contribution in [-0.4, -0.2) is 54.8 Å². The molecule has 4 aromatic rings. The first kappa shape index (κ1) is 23.1. The molecule has 0 spiro atoms. The largest absolute Gasteiger partial charge is 0.390 e. The summed E-state index contributed by atoms with van der Waals surface area (Å²) in [6, 6.07) is 8.66. The number of aliphatic hydroxyl groups excluding tert-OH is 1. The molecule has 1 aromatic carbocycles. The normalized spacial score (nSPS) is 19.7. The van der Waals surface area contributed by atoms with Gasteiger partial charge < -0.3 is 20.5 Å². The highest BCUT2D eigenvalue weighted by Gasteiger charge is 2.40. The van der Waals surface area contributed by atoms with Gasteiger partial charge >= 0.3 is 0 Å². The number of anilines is 1. The molecule has 5 rings (SSSR count). The zero-order valence-corrected chi connectivity index (χ0v) is 19.3. The Kier molecular flexibility index (Phi) is 6.29. The summed E-state index contributed by atoms with van der Waals surface area (Å²) in [5, 5.41) is 16.7. The average Bonchev–Trinajstić information content (AvgIpc) is 3.45. The van der Waals surface area contributed by atoms with Gasteiger partial charge in [-0.3, -0.25) is 14.3 Å². The maximum Gasteiger partial charge on any atom is 0.251 e. The van der Waals surface area contributed by atoms with Crippen molar-refractivity contribution in [2.45, 2.75) is 31.4 Å². The van der Waals surface area contributed by atoms with Crippen molar-refractivity contribution >= 4 is 34.5 Å². The highest BCUT2D eigenvalue weighted by molar-refractivity contribution is 6.30. The number of aliphatic hydroxyl groups is 1. The molecule has 1 fully saturated rings. The predicted molar refractivity (Wildman–Crippen MR) is 126 cm³/mol. The van der Waals surface area contributed by atoms with Crippen LogP contribution in [0.25, 0.3) is 22.6 Å². The molecule has 3 N–H and O–H groups in total. The third-order valence-corrected chi connectivity index (χ3v) is 5.88. The number of hydrogen-bond donors (Lipinski definition) is 3. The molecule has 0 unspecified atom stereocenters. The SMILES string of the molecule is CNC(=O)[C@H]1O[C@@H](n2cnc3c(NCc4cccc(Cl)c4)nc(-c4cncc(F)c4)nc32)C[C@@H]1O. The molecule has 4 heterocycles. The second-order valence-electron chi connectivity index (χ2n) is 8.02. The van der Waals surface area contributed by atoms with E-state index in [1.165, 1.54) is 25.6 Å². The number of amides is 1. The third-order valence-electron chi connectivity index (χ3n) is 5.64. The summed E-state index contributed by atoms with van der Waals surface area (Å²) in [4.78, 5) is 29.6. The monoisotopic (exact) mass is 497 g/mol. The molecule has 0 radical (unpaired) electrons. The maximum atomic E-state index is 13.9. The minimum absolute atomic E-state index is 0.162. The topological polar surface area (TPSA) is 127 Å². The van der Waals surface area contributed by atoms with Gasteiger partial charge in [0, 0.05) is 36.8 Å². The molecule has 0 saturated carbocycles. The molecule has 0 aliphatic carbocycles. The van der Waals surface area contributed by atoms with Crippen molar-refractivity contribution in [1.29, 1.82) is 0 Å². The zero-order valence-electron chi connectivity index (χ0n) is 18.5. The number of rotatable bonds is 6. The predicted octanol–water partition coefficient (Wildman–Crippen LogP) is 2.69. The van der Waals surface area contributed by atoms with Crippen molar-refractivity contribution in [3.63, 3.8) is 0 Å². The Hall–Kier alpha value is -3.67. The van der Waals surface area contributed by atoms with E-state index in [0.29, 0.717) is 34.1 Å². The van der Waals surface area contributed by atoms with E-state index in [4.69, 9.17) is 16.3 Å². The second-order valence-corrected chi connectivity index (χ2v) is 8.46. The number of imidazole rings is 1. The quantitative estimate of drug-likeness (QED) is 0.371. The number of nitrogens with one attached hydrogen (secondary N) is 2. The molecule has 35 heavy (non-hydrogen) atoms. The Balaban J connectivity index is 1.55. The lowest BCUT2D eigenvalue weighted by atomic mass is 10.1. The molecule has 3 atom stereocenters. The molecule has 3 aromatic heterocycles. The Morgan fingerprint density at radius 2 is 2.17 bits per heavy atom. The van der Waals surface area contributed by atoms with E-state index in [0.717, 1.165) is 11.8 Å². The molecular formula is C23H21ClFN7O3. The van der Waals surface area contributed by atoms with Crippen LogP contribution in [0.1, 0.15) is 18.2 Å². The molecule has 1 amide bonds. The number of nitrogens with zero attached hydrogens (tertiary/aromatic N) is 5. The summed E-state index contributed by atoms with van der Waals surface area (Å²) in [7, 11) is 1.47. The van der Waals surface area contributed by atoms with E-state index in [-0.39, 0.29) is 12.2 Å². The number of benzene rings is 1. The van der Waals surface area contributed by atoms with E-state index in [1.54, 1.807) is 10.6 Å². The number of aromatic nitrogens is 5. The van der Waals surface area contributed by atoms with E-state index < -0.39 is 30.2 Å². The number of fused-ring (bicyclic) bond motifs is 1. The number of halogens is 2. The van der Waals surface area contributed by atoms with Gasteiger partial charge in [-0.1, -0.05) is 23.7 Å². The van der Waals surface area contributed by atoms with Crippen LogP contribution >= 0.6 is 11.6 Å². The van der Waals surface area contributed by atoms with Crippen molar-refractivity contribution in [1.82, 2.24) is 29.8 Å². The molecule has 1 aliphatic heterocycles. The maximum absolute atomic E-state index is 13.9. The molecule has 0 bridgehead atoms. The van der Waals surface area contributed by atoms with Crippen LogP contribution in [0.3, 0.4) is 0 Å². The molecule has 1 aliphatic rings. The van der Waals surface area contributed by atoms with E-state index in [1.807, 2.05) is 18.2 Å². The van der Waals surface area contributed by atoms with Crippen LogP contribution in [-0.2, 0) is 16.1 Å². The Bertz CT molecular complexity index is 1400.